The van der Waals surface area contributed by atoms with Crippen molar-refractivity contribution in [2.45, 2.75) is 48.0 Å². The van der Waals surface area contributed by atoms with Crippen molar-refractivity contribution < 1.29 is 9.53 Å². The summed E-state index contributed by atoms with van der Waals surface area (Å²) in [6.45, 7) is 13.3. The summed E-state index contributed by atoms with van der Waals surface area (Å²) in [6, 6.07) is 0. The van der Waals surface area contributed by atoms with E-state index in [0.717, 1.165) is 6.42 Å². The SMILES string of the molecule is CCOCC(C(=O)Cl)(C(C)C)C(C)(C)CC. The lowest BCUT2D eigenvalue weighted by Gasteiger charge is -2.46. The van der Waals surface area contributed by atoms with Crippen LogP contribution in [0.1, 0.15) is 48.0 Å². The molecule has 0 radical (unpaired) electrons. The van der Waals surface area contributed by atoms with Crippen LogP contribution in [0, 0.1) is 16.7 Å². The summed E-state index contributed by atoms with van der Waals surface area (Å²) in [7, 11) is 0. The Morgan fingerprint density at radius 1 is 1.31 bits per heavy atom. The fourth-order valence-electron chi connectivity index (χ4n) is 2.27. The van der Waals surface area contributed by atoms with Crippen LogP contribution in [0.5, 0.6) is 0 Å². The maximum absolute atomic E-state index is 11.9. The Morgan fingerprint density at radius 3 is 2.06 bits per heavy atom. The molecule has 0 heterocycles. The molecule has 0 aliphatic carbocycles. The number of ether oxygens (including phenoxy) is 1. The molecule has 0 saturated carbocycles. The maximum Gasteiger partial charge on any atom is 0.230 e. The van der Waals surface area contributed by atoms with E-state index in [1.165, 1.54) is 0 Å². The first-order chi connectivity index (χ1) is 7.26. The molecule has 0 aliphatic rings. The molecular weight excluding hydrogens is 224 g/mol. The van der Waals surface area contributed by atoms with Crippen LogP contribution >= 0.6 is 11.6 Å². The topological polar surface area (TPSA) is 26.3 Å². The Balaban J connectivity index is 5.35. The van der Waals surface area contributed by atoms with Gasteiger partial charge in [-0.05, 0) is 36.3 Å². The van der Waals surface area contributed by atoms with Crippen LogP contribution in [0.3, 0.4) is 0 Å². The molecule has 1 atom stereocenters. The molecule has 3 heteroatoms. The van der Waals surface area contributed by atoms with Gasteiger partial charge in [0.2, 0.25) is 5.24 Å². The summed E-state index contributed by atoms with van der Waals surface area (Å²) in [6.07, 6.45) is 0.900. The zero-order valence-electron chi connectivity index (χ0n) is 11.4. The molecule has 0 aliphatic heterocycles. The van der Waals surface area contributed by atoms with Gasteiger partial charge in [-0.15, -0.1) is 0 Å². The summed E-state index contributed by atoms with van der Waals surface area (Å²) in [5.41, 5.74) is -0.755. The van der Waals surface area contributed by atoms with Crippen molar-refractivity contribution in [1.29, 1.82) is 0 Å². The van der Waals surface area contributed by atoms with E-state index in [0.29, 0.717) is 13.2 Å². The van der Waals surface area contributed by atoms with Gasteiger partial charge in [-0.25, -0.2) is 0 Å². The highest BCUT2D eigenvalue weighted by Crippen LogP contribution is 2.49. The van der Waals surface area contributed by atoms with E-state index < -0.39 is 5.41 Å². The average molecular weight is 249 g/mol. The van der Waals surface area contributed by atoms with E-state index in [9.17, 15) is 4.79 Å². The predicted octanol–water partition coefficient (Wildman–Crippen LogP) is 3.87. The number of carbonyl (C=O) groups is 1. The highest BCUT2D eigenvalue weighted by molar-refractivity contribution is 6.64. The first-order valence-electron chi connectivity index (χ1n) is 6.04. The van der Waals surface area contributed by atoms with Gasteiger partial charge in [0.1, 0.15) is 0 Å². The first-order valence-corrected chi connectivity index (χ1v) is 6.41. The van der Waals surface area contributed by atoms with Crippen LogP contribution in [-0.4, -0.2) is 18.5 Å². The Hall–Kier alpha value is -0.0800. The van der Waals surface area contributed by atoms with E-state index >= 15 is 0 Å². The van der Waals surface area contributed by atoms with E-state index in [4.69, 9.17) is 16.3 Å². The molecule has 0 fully saturated rings. The average Bonchev–Trinajstić information content (AvgIpc) is 2.17. The Labute approximate surface area is 105 Å². The van der Waals surface area contributed by atoms with Gasteiger partial charge in [0.15, 0.2) is 0 Å². The second kappa shape index (κ2) is 6.02. The van der Waals surface area contributed by atoms with Crippen LogP contribution in [0.2, 0.25) is 0 Å². The third kappa shape index (κ3) is 2.78. The minimum absolute atomic E-state index is 0.158. The second-order valence-corrected chi connectivity index (χ2v) is 5.62. The summed E-state index contributed by atoms with van der Waals surface area (Å²) in [5, 5.41) is -0.275. The minimum Gasteiger partial charge on any atom is -0.381 e. The highest BCUT2D eigenvalue weighted by atomic mass is 35.5. The molecule has 0 N–H and O–H groups in total. The largest absolute Gasteiger partial charge is 0.381 e. The standard InChI is InChI=1S/C13H25ClO2/c1-7-12(5,6)13(10(3)4,11(14)15)9-16-8-2/h10H,7-9H2,1-6H3. The Kier molecular flexibility index (Phi) is 5.99. The van der Waals surface area contributed by atoms with Crippen LogP contribution in [0.15, 0.2) is 0 Å². The van der Waals surface area contributed by atoms with Gasteiger partial charge in [0, 0.05) is 6.61 Å². The van der Waals surface area contributed by atoms with Crippen LogP contribution in [0.4, 0.5) is 0 Å². The summed E-state index contributed by atoms with van der Waals surface area (Å²) in [5.74, 6) is 0.166. The Morgan fingerprint density at radius 2 is 1.81 bits per heavy atom. The van der Waals surface area contributed by atoms with Crippen molar-refractivity contribution >= 4 is 16.8 Å². The molecule has 1 unspecified atom stereocenters. The molecule has 0 aromatic carbocycles. The molecular formula is C13H25ClO2. The van der Waals surface area contributed by atoms with Crippen molar-refractivity contribution in [1.82, 2.24) is 0 Å². The lowest BCUT2D eigenvalue weighted by molar-refractivity contribution is -0.140. The zero-order valence-corrected chi connectivity index (χ0v) is 12.1. The van der Waals surface area contributed by atoms with Crippen molar-refractivity contribution in [3.63, 3.8) is 0 Å². The van der Waals surface area contributed by atoms with Crippen molar-refractivity contribution in [2.24, 2.45) is 16.7 Å². The Bertz CT molecular complexity index is 236. The van der Waals surface area contributed by atoms with E-state index in [-0.39, 0.29) is 16.6 Å². The molecule has 0 amide bonds. The van der Waals surface area contributed by atoms with Gasteiger partial charge in [-0.2, -0.15) is 0 Å². The van der Waals surface area contributed by atoms with Gasteiger partial charge in [-0.1, -0.05) is 34.6 Å². The molecule has 0 saturated heterocycles. The molecule has 2 nitrogen and oxygen atoms in total. The van der Waals surface area contributed by atoms with Crippen LogP contribution < -0.4 is 0 Å². The van der Waals surface area contributed by atoms with Gasteiger partial charge < -0.3 is 4.74 Å². The summed E-state index contributed by atoms with van der Waals surface area (Å²) < 4.78 is 5.50. The fraction of sp³-hybridized carbons (Fsp3) is 0.923. The fourth-order valence-corrected chi connectivity index (χ4v) is 2.80. The van der Waals surface area contributed by atoms with Gasteiger partial charge in [-0.3, -0.25) is 4.79 Å². The van der Waals surface area contributed by atoms with E-state index in [2.05, 4.69) is 20.8 Å². The minimum atomic E-state index is -0.598. The number of hydrogen-bond donors (Lipinski definition) is 0. The number of carbonyl (C=O) groups excluding carboxylic acids is 1. The van der Waals surface area contributed by atoms with Gasteiger partial charge in [0.25, 0.3) is 0 Å². The third-order valence-electron chi connectivity index (χ3n) is 3.96. The molecule has 16 heavy (non-hydrogen) atoms. The summed E-state index contributed by atoms with van der Waals surface area (Å²) >= 11 is 5.88. The first kappa shape index (κ1) is 15.9. The van der Waals surface area contributed by atoms with Crippen LogP contribution in [-0.2, 0) is 9.53 Å². The van der Waals surface area contributed by atoms with Crippen LogP contribution in [0.25, 0.3) is 0 Å². The van der Waals surface area contributed by atoms with Gasteiger partial charge >= 0.3 is 0 Å². The van der Waals surface area contributed by atoms with Gasteiger partial charge in [0.05, 0.1) is 12.0 Å². The molecule has 96 valence electrons. The molecule has 0 aromatic rings. The molecule has 0 spiro atoms. The molecule has 0 aromatic heterocycles. The zero-order chi connectivity index (χ0) is 13.0. The van der Waals surface area contributed by atoms with E-state index in [1.807, 2.05) is 20.8 Å². The van der Waals surface area contributed by atoms with Crippen molar-refractivity contribution in [3.8, 4) is 0 Å². The summed E-state index contributed by atoms with van der Waals surface area (Å²) in [4.78, 5) is 11.9. The lowest BCUT2D eigenvalue weighted by Crippen LogP contribution is -2.50. The lowest BCUT2D eigenvalue weighted by atomic mass is 9.59. The quantitative estimate of drug-likeness (QED) is 0.640. The predicted molar refractivity (Wildman–Crippen MR) is 68.7 cm³/mol. The molecule has 0 bridgehead atoms. The van der Waals surface area contributed by atoms with Crippen molar-refractivity contribution in [2.75, 3.05) is 13.2 Å². The number of hydrogen-bond acceptors (Lipinski definition) is 2. The highest BCUT2D eigenvalue weighted by Gasteiger charge is 2.51. The van der Waals surface area contributed by atoms with Crippen molar-refractivity contribution in [3.05, 3.63) is 0 Å². The monoisotopic (exact) mass is 248 g/mol. The number of rotatable bonds is 7. The normalized spacial score (nSPS) is 16.2. The maximum atomic E-state index is 11.9. The van der Waals surface area contributed by atoms with E-state index in [1.54, 1.807) is 0 Å². The third-order valence-corrected chi connectivity index (χ3v) is 4.30. The number of halogens is 1. The smallest absolute Gasteiger partial charge is 0.230 e. The molecule has 0 rings (SSSR count). The second-order valence-electron chi connectivity index (χ2n) is 5.27.